The smallest absolute Gasteiger partial charge is 0.254 e. The van der Waals surface area contributed by atoms with Crippen LogP contribution in [0.1, 0.15) is 36.0 Å². The number of nitrogens with zero attached hydrogens (tertiary/aromatic N) is 2. The maximum absolute atomic E-state index is 13.1. The van der Waals surface area contributed by atoms with Crippen LogP contribution in [0.3, 0.4) is 0 Å². The van der Waals surface area contributed by atoms with Crippen molar-refractivity contribution in [1.29, 1.82) is 0 Å². The van der Waals surface area contributed by atoms with Gasteiger partial charge in [0, 0.05) is 43.6 Å². The van der Waals surface area contributed by atoms with Gasteiger partial charge >= 0.3 is 0 Å². The van der Waals surface area contributed by atoms with E-state index in [1.54, 1.807) is 0 Å². The molecule has 0 radical (unpaired) electrons. The van der Waals surface area contributed by atoms with E-state index in [-0.39, 0.29) is 43.7 Å². The van der Waals surface area contributed by atoms with Gasteiger partial charge in [0.2, 0.25) is 5.91 Å². The molecule has 2 aliphatic rings. The highest BCUT2D eigenvalue weighted by atomic mass is 19.3. The van der Waals surface area contributed by atoms with Crippen LogP contribution in [0, 0.1) is 5.92 Å². The van der Waals surface area contributed by atoms with Crippen LogP contribution in [0.25, 0.3) is 0 Å². The van der Waals surface area contributed by atoms with Crippen LogP contribution in [0.5, 0.6) is 0 Å². The molecule has 22 heavy (non-hydrogen) atoms. The number of carbonyl (C=O) groups excluding carboxylic acids is 2. The summed E-state index contributed by atoms with van der Waals surface area (Å²) in [6.45, 7) is 0.0792. The van der Waals surface area contributed by atoms with Gasteiger partial charge in [0.1, 0.15) is 5.82 Å². The van der Waals surface area contributed by atoms with Gasteiger partial charge < -0.3 is 10.2 Å². The van der Waals surface area contributed by atoms with Crippen molar-refractivity contribution in [2.24, 2.45) is 5.92 Å². The number of carbonyl (C=O) groups is 2. The minimum atomic E-state index is -2.68. The summed E-state index contributed by atoms with van der Waals surface area (Å²) in [4.78, 5) is 29.5. The Labute approximate surface area is 126 Å². The minimum Gasteiger partial charge on any atom is -0.338 e. The number of hydrogen-bond donors (Lipinski definition) is 1. The van der Waals surface area contributed by atoms with E-state index in [9.17, 15) is 18.4 Å². The maximum atomic E-state index is 13.1. The molecule has 5 nitrogen and oxygen atoms in total. The van der Waals surface area contributed by atoms with Crippen molar-refractivity contribution in [2.75, 3.05) is 18.4 Å². The maximum Gasteiger partial charge on any atom is 0.254 e. The van der Waals surface area contributed by atoms with Crippen molar-refractivity contribution in [3.05, 3.63) is 23.9 Å². The first-order valence-electron chi connectivity index (χ1n) is 7.39. The van der Waals surface area contributed by atoms with Gasteiger partial charge in [0.25, 0.3) is 11.8 Å². The fourth-order valence-corrected chi connectivity index (χ4v) is 2.43. The number of aromatic nitrogens is 1. The Hall–Kier alpha value is -2.05. The molecule has 7 heteroatoms. The molecule has 0 aromatic carbocycles. The van der Waals surface area contributed by atoms with Crippen LogP contribution in [-0.4, -0.2) is 40.7 Å². The number of piperidine rings is 1. The predicted molar refractivity (Wildman–Crippen MR) is 75.7 cm³/mol. The Morgan fingerprint density at radius 3 is 2.59 bits per heavy atom. The Morgan fingerprint density at radius 2 is 1.95 bits per heavy atom. The largest absolute Gasteiger partial charge is 0.338 e. The summed E-state index contributed by atoms with van der Waals surface area (Å²) in [6.07, 6.45) is 2.58. The third-order valence-corrected chi connectivity index (χ3v) is 3.99. The van der Waals surface area contributed by atoms with Gasteiger partial charge in [-0.1, -0.05) is 0 Å². The number of rotatable bonds is 3. The van der Waals surface area contributed by atoms with E-state index < -0.39 is 5.92 Å². The summed E-state index contributed by atoms with van der Waals surface area (Å²) in [5, 5.41) is 2.67. The second-order valence-corrected chi connectivity index (χ2v) is 5.84. The number of halogens is 2. The van der Waals surface area contributed by atoms with Crippen molar-refractivity contribution in [3.63, 3.8) is 0 Å². The van der Waals surface area contributed by atoms with Crippen LogP contribution in [0.2, 0.25) is 0 Å². The number of likely N-dealkylation sites (tertiary alicyclic amines) is 1. The standard InChI is InChI=1S/C15H17F2N3O2/c16-15(17)4-7-20(8-5-15)14(22)11-3-6-18-12(9-11)19-13(21)10-1-2-10/h3,6,9-10H,1-2,4-5,7-8H2,(H,18,19,21). The molecule has 0 unspecified atom stereocenters. The zero-order valence-electron chi connectivity index (χ0n) is 12.0. The van der Waals surface area contributed by atoms with Gasteiger partial charge in [-0.15, -0.1) is 0 Å². The topological polar surface area (TPSA) is 62.3 Å². The summed E-state index contributed by atoms with van der Waals surface area (Å²) in [7, 11) is 0. The summed E-state index contributed by atoms with van der Waals surface area (Å²) in [6, 6.07) is 3.03. The number of anilines is 1. The molecule has 2 heterocycles. The second-order valence-electron chi connectivity index (χ2n) is 5.84. The molecule has 3 rings (SSSR count). The summed E-state index contributed by atoms with van der Waals surface area (Å²) >= 11 is 0. The SMILES string of the molecule is O=C(Nc1cc(C(=O)N2CCC(F)(F)CC2)ccn1)C1CC1. The van der Waals surface area contributed by atoms with Crippen molar-refractivity contribution in [1.82, 2.24) is 9.88 Å². The molecule has 1 saturated heterocycles. The zero-order chi connectivity index (χ0) is 15.7. The quantitative estimate of drug-likeness (QED) is 0.932. The first kappa shape index (κ1) is 14.9. The molecular formula is C15H17F2N3O2. The van der Waals surface area contributed by atoms with Gasteiger partial charge in [-0.05, 0) is 25.0 Å². The molecule has 1 N–H and O–H groups in total. The molecule has 118 valence electrons. The van der Waals surface area contributed by atoms with E-state index in [4.69, 9.17) is 0 Å². The summed E-state index contributed by atoms with van der Waals surface area (Å²) < 4.78 is 26.3. The molecule has 0 bridgehead atoms. The number of nitrogens with one attached hydrogen (secondary N) is 1. The fourth-order valence-electron chi connectivity index (χ4n) is 2.43. The monoisotopic (exact) mass is 309 g/mol. The Bertz CT molecular complexity index is 592. The molecule has 2 fully saturated rings. The van der Waals surface area contributed by atoms with E-state index in [0.717, 1.165) is 12.8 Å². The number of pyridine rings is 1. The van der Waals surface area contributed by atoms with Gasteiger partial charge in [-0.3, -0.25) is 9.59 Å². The lowest BCUT2D eigenvalue weighted by Gasteiger charge is -2.31. The van der Waals surface area contributed by atoms with E-state index in [1.807, 2.05) is 0 Å². The molecule has 1 aliphatic heterocycles. The van der Waals surface area contributed by atoms with Crippen LogP contribution < -0.4 is 5.32 Å². The Morgan fingerprint density at radius 1 is 1.27 bits per heavy atom. The number of hydrogen-bond acceptors (Lipinski definition) is 3. The lowest BCUT2D eigenvalue weighted by molar-refractivity contribution is -0.117. The lowest BCUT2D eigenvalue weighted by atomic mass is 10.1. The molecule has 0 spiro atoms. The predicted octanol–water partition coefficient (Wildman–Crippen LogP) is 2.30. The van der Waals surface area contributed by atoms with Crippen molar-refractivity contribution >= 4 is 17.6 Å². The van der Waals surface area contributed by atoms with E-state index in [0.29, 0.717) is 11.4 Å². The van der Waals surface area contributed by atoms with Crippen LogP contribution >= 0.6 is 0 Å². The van der Waals surface area contributed by atoms with E-state index in [2.05, 4.69) is 10.3 Å². The highest BCUT2D eigenvalue weighted by Crippen LogP contribution is 2.30. The minimum absolute atomic E-state index is 0.0396. The second kappa shape index (κ2) is 5.62. The molecule has 0 atom stereocenters. The van der Waals surface area contributed by atoms with E-state index in [1.165, 1.54) is 23.2 Å². The normalized spacial score (nSPS) is 20.5. The summed E-state index contributed by atoms with van der Waals surface area (Å²) in [5.74, 6) is -2.71. The van der Waals surface area contributed by atoms with Crippen molar-refractivity contribution in [3.8, 4) is 0 Å². The molecule has 1 aliphatic carbocycles. The first-order valence-corrected chi connectivity index (χ1v) is 7.39. The molecule has 1 aromatic rings. The van der Waals surface area contributed by atoms with Crippen LogP contribution in [-0.2, 0) is 4.79 Å². The average Bonchev–Trinajstić information content (AvgIpc) is 3.31. The fraction of sp³-hybridized carbons (Fsp3) is 0.533. The highest BCUT2D eigenvalue weighted by Gasteiger charge is 2.36. The zero-order valence-corrected chi connectivity index (χ0v) is 12.0. The van der Waals surface area contributed by atoms with Crippen molar-refractivity contribution < 1.29 is 18.4 Å². The van der Waals surface area contributed by atoms with Gasteiger partial charge in [-0.25, -0.2) is 13.8 Å². The lowest BCUT2D eigenvalue weighted by Crippen LogP contribution is -2.42. The first-order chi connectivity index (χ1) is 10.4. The number of amides is 2. The highest BCUT2D eigenvalue weighted by molar-refractivity contribution is 5.97. The third-order valence-electron chi connectivity index (χ3n) is 3.99. The average molecular weight is 309 g/mol. The molecular weight excluding hydrogens is 292 g/mol. The third kappa shape index (κ3) is 3.40. The Kier molecular flexibility index (Phi) is 3.80. The number of alkyl halides is 2. The van der Waals surface area contributed by atoms with E-state index >= 15 is 0 Å². The van der Waals surface area contributed by atoms with Crippen LogP contribution in [0.4, 0.5) is 14.6 Å². The molecule has 1 saturated carbocycles. The van der Waals surface area contributed by atoms with Crippen molar-refractivity contribution in [2.45, 2.75) is 31.6 Å². The summed E-state index contributed by atoms with van der Waals surface area (Å²) in [5.41, 5.74) is 0.353. The molecule has 1 aromatic heterocycles. The van der Waals surface area contributed by atoms with Gasteiger partial charge in [0.05, 0.1) is 0 Å². The Balaban J connectivity index is 1.66. The van der Waals surface area contributed by atoms with Gasteiger partial charge in [-0.2, -0.15) is 0 Å². The molecule has 2 amide bonds. The van der Waals surface area contributed by atoms with Crippen LogP contribution in [0.15, 0.2) is 18.3 Å². The van der Waals surface area contributed by atoms with Gasteiger partial charge in [0.15, 0.2) is 0 Å².